The fourth-order valence-corrected chi connectivity index (χ4v) is 22.2. The van der Waals surface area contributed by atoms with E-state index in [9.17, 15) is 67.3 Å². The topological polar surface area (TPSA) is 347 Å². The summed E-state index contributed by atoms with van der Waals surface area (Å²) in [5.74, 6) is 1.28. The summed E-state index contributed by atoms with van der Waals surface area (Å²) in [6.07, 6.45) is 8.49. The predicted octanol–water partition coefficient (Wildman–Crippen LogP) is 12.6. The zero-order valence-electron chi connectivity index (χ0n) is 67.9. The minimum atomic E-state index is -4.03. The molecule has 0 atom stereocenters. The molecule has 3 fully saturated rings. The van der Waals surface area contributed by atoms with Crippen LogP contribution in [-0.2, 0) is 93.2 Å². The van der Waals surface area contributed by atoms with Gasteiger partial charge in [-0.25, -0.2) is 84.6 Å². The molecule has 3 saturated heterocycles. The van der Waals surface area contributed by atoms with Crippen LogP contribution in [-0.4, -0.2) is 187 Å². The van der Waals surface area contributed by atoms with Gasteiger partial charge >= 0.3 is 0 Å². The summed E-state index contributed by atoms with van der Waals surface area (Å²) in [5.41, 5.74) is 7.60. The lowest BCUT2D eigenvalue weighted by Crippen LogP contribution is -2.33. The van der Waals surface area contributed by atoms with Crippen molar-refractivity contribution in [1.82, 2.24) is 17.2 Å². The summed E-state index contributed by atoms with van der Waals surface area (Å²) in [4.78, 5) is 8.15. The van der Waals surface area contributed by atoms with E-state index in [4.69, 9.17) is 11.6 Å². The standard InChI is InChI=1S/C23H25N3O4S2.C20H26ClN3O4S2.C20H27N3O4S2.C19H25N3O4S2/c1-25(2)32(29,30)21-13-11-20(12-14-21)31(27,28)24-22-9-5-6-10-23(22)26-16-15-18-7-3-4-8-19(18)17-26;1-15-10-12-24(13-11-15)20-18(21)8-5-9-19(20)22-29(25,26)16-6-4-7-17(14-16)30(27,28)23(2)3;1-16-11-13-23(14-12-16)20-10-5-4-9-19(20)21-28(24,25)17-7-6-8-18(15-17)29(26,27)22(2)3;1-21(2)28(25,26)19-11-7-10-18(15-19)27(23,24)20-16-8-6-9-17(14-16)22-12-4-3-5-13-22/h3-14,24H,15-17H2,1-2H3;4-9,14-15,22H,10-13H2,1-3H3;4-10,15-16,21H,11-14H2,1-3H3;6-11,14-15,20H,3-5,12-13H2,1-2H3. The lowest BCUT2D eigenvalue weighted by atomic mass is 9.98. The molecule has 4 N–H and O–H groups in total. The molecule has 13 rings (SSSR count). The van der Waals surface area contributed by atoms with E-state index in [1.807, 2.05) is 54.6 Å². The lowest BCUT2D eigenvalue weighted by molar-refractivity contribution is 0.438. The second kappa shape index (κ2) is 38.9. The normalized spacial score (nSPS) is 15.5. The SMILES string of the molecule is CC1CCN(c2c(Cl)cccc2NS(=O)(=O)c2cccc(S(=O)(=O)N(C)C)c2)CC1.CC1CCN(c2ccccc2NS(=O)(=O)c2cccc(S(=O)(=O)N(C)C)c2)CC1.CN(C)S(=O)(=O)c1ccc(S(=O)(=O)Nc2ccccc2N2CCc3ccccc3C2)cc1.CN(C)S(=O)(=O)c1cccc(S(=O)(=O)Nc2cccc(N3CCCCC3)c2)c1. The predicted molar refractivity (Wildman–Crippen MR) is 472 cm³/mol. The highest BCUT2D eigenvalue weighted by Crippen LogP contribution is 2.40. The van der Waals surface area contributed by atoms with Gasteiger partial charge in [-0.3, -0.25) is 18.9 Å². The highest BCUT2D eigenvalue weighted by Gasteiger charge is 2.31. The van der Waals surface area contributed by atoms with Crippen molar-refractivity contribution in [3.8, 4) is 0 Å². The van der Waals surface area contributed by atoms with E-state index >= 15 is 0 Å². The minimum absolute atomic E-state index is 0.00556. The summed E-state index contributed by atoms with van der Waals surface area (Å²) >= 11 is 6.43. The highest BCUT2D eigenvalue weighted by atomic mass is 35.5. The largest absolute Gasteiger partial charge is 0.371 e. The quantitative estimate of drug-likeness (QED) is 0.0436. The second-order valence-corrected chi connectivity index (χ2v) is 45.8. The average Bonchev–Trinajstić information content (AvgIpc) is 0.795. The molecule has 0 saturated carbocycles. The van der Waals surface area contributed by atoms with Crippen LogP contribution in [0, 0.1) is 11.8 Å². The number of anilines is 8. The van der Waals surface area contributed by atoms with Crippen molar-refractivity contribution in [2.75, 3.05) is 141 Å². The van der Waals surface area contributed by atoms with Crippen LogP contribution in [0.3, 0.4) is 0 Å². The van der Waals surface area contributed by atoms with E-state index in [1.54, 1.807) is 48.5 Å². The number of nitrogens with zero attached hydrogens (tertiary/aromatic N) is 8. The molecule has 642 valence electrons. The second-order valence-electron chi connectivity index (χ2n) is 30.0. The molecule has 0 aliphatic carbocycles. The molecule has 4 heterocycles. The van der Waals surface area contributed by atoms with Gasteiger partial charge in [0.25, 0.3) is 40.1 Å². The van der Waals surface area contributed by atoms with Crippen LogP contribution in [0.5, 0.6) is 0 Å². The molecule has 0 aromatic heterocycles. The van der Waals surface area contributed by atoms with Crippen LogP contribution in [0.4, 0.5) is 45.5 Å². The Bertz CT molecular complexity index is 6050. The molecule has 4 aliphatic rings. The molecule has 4 aliphatic heterocycles. The Morgan fingerprint density at radius 1 is 0.311 bits per heavy atom. The number of rotatable bonds is 24. The number of hydrogen-bond donors (Lipinski definition) is 4. The van der Waals surface area contributed by atoms with Gasteiger partial charge in [0.15, 0.2) is 0 Å². The van der Waals surface area contributed by atoms with Crippen LogP contribution >= 0.6 is 11.6 Å². The molecule has 0 unspecified atom stereocenters. The lowest BCUT2D eigenvalue weighted by Gasteiger charge is -2.34. The zero-order valence-corrected chi connectivity index (χ0v) is 75.2. The number of hydrogen-bond acceptors (Lipinski definition) is 20. The smallest absolute Gasteiger partial charge is 0.262 e. The summed E-state index contributed by atoms with van der Waals surface area (Å²) in [6, 6.07) is 56.5. The van der Waals surface area contributed by atoms with Crippen molar-refractivity contribution in [1.29, 1.82) is 0 Å². The van der Waals surface area contributed by atoms with E-state index in [-0.39, 0.29) is 39.2 Å². The van der Waals surface area contributed by atoms with Gasteiger partial charge in [0, 0.05) is 114 Å². The number of para-hydroxylation sites is 5. The van der Waals surface area contributed by atoms with E-state index in [2.05, 4.69) is 64.5 Å². The summed E-state index contributed by atoms with van der Waals surface area (Å²) in [5, 5.41) is 0.466. The molecule has 0 radical (unpaired) electrons. The van der Waals surface area contributed by atoms with Gasteiger partial charge in [0.05, 0.1) is 84.0 Å². The molecular weight excluding hydrogens is 1700 g/mol. The molecule has 119 heavy (non-hydrogen) atoms. The number of fused-ring (bicyclic) bond motifs is 1. The van der Waals surface area contributed by atoms with E-state index in [0.29, 0.717) is 51.8 Å². The Hall–Kier alpha value is -8.89. The third-order valence-electron chi connectivity index (χ3n) is 20.6. The van der Waals surface area contributed by atoms with Crippen molar-refractivity contribution in [3.05, 3.63) is 228 Å². The monoisotopic (exact) mass is 1800 g/mol. The van der Waals surface area contributed by atoms with Crippen molar-refractivity contribution in [2.45, 2.75) is 111 Å². The number of nitrogens with one attached hydrogen (secondary N) is 4. The maximum absolute atomic E-state index is 13.1. The molecule has 0 spiro atoms. The third kappa shape index (κ3) is 23.0. The van der Waals surface area contributed by atoms with Gasteiger partial charge in [-0.15, -0.1) is 0 Å². The minimum Gasteiger partial charge on any atom is -0.371 e. The van der Waals surface area contributed by atoms with Crippen molar-refractivity contribution in [3.63, 3.8) is 0 Å². The van der Waals surface area contributed by atoms with Crippen molar-refractivity contribution >= 4 is 137 Å². The highest BCUT2D eigenvalue weighted by molar-refractivity contribution is 7.94. The first-order valence-electron chi connectivity index (χ1n) is 38.4. The Labute approximate surface area is 708 Å². The fourth-order valence-electron chi connectivity index (χ4n) is 13.6. The van der Waals surface area contributed by atoms with E-state index in [1.165, 1.54) is 165 Å². The Kier molecular flexibility index (Phi) is 30.2. The van der Waals surface area contributed by atoms with Crippen molar-refractivity contribution in [2.24, 2.45) is 11.8 Å². The first-order chi connectivity index (χ1) is 56.0. The molecule has 28 nitrogen and oxygen atoms in total. The average molecular weight is 1800 g/mol. The molecule has 9 aromatic rings. The van der Waals surface area contributed by atoms with E-state index < -0.39 is 80.2 Å². The maximum Gasteiger partial charge on any atom is 0.262 e. The molecule has 9 aromatic carbocycles. The van der Waals surface area contributed by atoms with Crippen molar-refractivity contribution < 1.29 is 67.3 Å². The first-order valence-corrected chi connectivity index (χ1v) is 50.4. The Morgan fingerprint density at radius 2 is 0.672 bits per heavy atom. The fraction of sp³-hybridized carbons (Fsp3) is 0.341. The maximum atomic E-state index is 13.1. The Morgan fingerprint density at radius 3 is 1.14 bits per heavy atom. The number of halogens is 1. The summed E-state index contributed by atoms with van der Waals surface area (Å²) in [7, 11) is -19.4. The van der Waals surface area contributed by atoms with Crippen LogP contribution in [0.2, 0.25) is 5.02 Å². The van der Waals surface area contributed by atoms with Gasteiger partial charge in [0.1, 0.15) is 0 Å². The van der Waals surface area contributed by atoms with E-state index in [0.717, 1.165) is 131 Å². The third-order valence-corrected chi connectivity index (χ3v) is 33.7. The van der Waals surface area contributed by atoms with Gasteiger partial charge in [-0.1, -0.05) is 104 Å². The van der Waals surface area contributed by atoms with Crippen LogP contribution in [0.25, 0.3) is 0 Å². The van der Waals surface area contributed by atoms with Crippen LogP contribution in [0.1, 0.15) is 69.9 Å². The van der Waals surface area contributed by atoms with Gasteiger partial charge in [0.2, 0.25) is 40.1 Å². The molecule has 0 bridgehead atoms. The van der Waals surface area contributed by atoms with Gasteiger partial charge in [-0.2, -0.15) is 0 Å². The summed E-state index contributed by atoms with van der Waals surface area (Å²) < 4.78 is 217. The van der Waals surface area contributed by atoms with Crippen LogP contribution < -0.4 is 38.5 Å². The number of benzene rings is 9. The van der Waals surface area contributed by atoms with Gasteiger partial charge in [-0.05, 0) is 208 Å². The Balaban J connectivity index is 0.000000167. The zero-order chi connectivity index (χ0) is 86.6. The number of piperidine rings is 3. The summed E-state index contributed by atoms with van der Waals surface area (Å²) in [6.45, 7) is 11.1. The molecular formula is C82H103ClN12O16S8. The van der Waals surface area contributed by atoms with Crippen LogP contribution in [0.15, 0.2) is 251 Å². The number of sulfonamides is 8. The van der Waals surface area contributed by atoms with Gasteiger partial charge < -0.3 is 19.6 Å². The molecule has 0 amide bonds. The molecule has 37 heteroatoms. The first kappa shape index (κ1) is 92.4.